The van der Waals surface area contributed by atoms with Gasteiger partial charge in [0.25, 0.3) is 5.91 Å². The number of carbonyl (C=O) groups is 1. The maximum Gasteiger partial charge on any atom is 0.294 e. The van der Waals surface area contributed by atoms with Gasteiger partial charge in [-0.15, -0.1) is 5.10 Å². The zero-order valence-electron chi connectivity index (χ0n) is 11.3. The molecular formula is C13H17N5O. The fourth-order valence-corrected chi connectivity index (χ4v) is 2.67. The van der Waals surface area contributed by atoms with Crippen molar-refractivity contribution in [2.75, 3.05) is 6.54 Å². The normalized spacial score (nSPS) is 18.5. The minimum atomic E-state index is -0.109. The second kappa shape index (κ2) is 4.22. The van der Waals surface area contributed by atoms with Crippen LogP contribution in [-0.4, -0.2) is 37.1 Å². The van der Waals surface area contributed by atoms with Gasteiger partial charge in [0.15, 0.2) is 0 Å². The van der Waals surface area contributed by atoms with Crippen molar-refractivity contribution < 1.29 is 4.79 Å². The number of aryl methyl sites for hydroxylation is 2. The van der Waals surface area contributed by atoms with Crippen LogP contribution in [0.3, 0.4) is 0 Å². The van der Waals surface area contributed by atoms with Crippen LogP contribution in [0.2, 0.25) is 0 Å². The van der Waals surface area contributed by atoms with E-state index in [2.05, 4.69) is 38.8 Å². The molecule has 0 radical (unpaired) electrons. The molecule has 1 unspecified atom stereocenters. The summed E-state index contributed by atoms with van der Waals surface area (Å²) in [6, 6.07) is 4.23. The Hall–Kier alpha value is -2.11. The van der Waals surface area contributed by atoms with E-state index < -0.39 is 0 Å². The third-order valence-electron chi connectivity index (χ3n) is 3.74. The van der Waals surface area contributed by atoms with Crippen LogP contribution in [0.5, 0.6) is 0 Å². The Bertz CT molecular complexity index is 627. The van der Waals surface area contributed by atoms with Crippen molar-refractivity contribution >= 4 is 5.91 Å². The second-order valence-corrected chi connectivity index (χ2v) is 4.97. The molecule has 1 aliphatic heterocycles. The molecule has 1 amide bonds. The van der Waals surface area contributed by atoms with Crippen molar-refractivity contribution in [3.05, 3.63) is 35.2 Å². The number of hydrogen-bond acceptors (Lipinski definition) is 3. The van der Waals surface area contributed by atoms with Crippen LogP contribution < -0.4 is 0 Å². The SMILES string of the molecule is Cc1nc(C(=O)N2CCn3c(C)ccc3C2C)n[nH]1. The molecule has 0 spiro atoms. The molecule has 0 bridgehead atoms. The quantitative estimate of drug-likeness (QED) is 0.842. The van der Waals surface area contributed by atoms with Crippen LogP contribution in [0.1, 0.15) is 40.8 Å². The molecule has 2 aromatic heterocycles. The number of aromatic amines is 1. The summed E-state index contributed by atoms with van der Waals surface area (Å²) in [6.07, 6.45) is 0. The van der Waals surface area contributed by atoms with Gasteiger partial charge in [-0.2, -0.15) is 0 Å². The lowest BCUT2D eigenvalue weighted by Crippen LogP contribution is -2.41. The number of H-pyrrole nitrogens is 1. The van der Waals surface area contributed by atoms with Gasteiger partial charge in [0.1, 0.15) is 5.82 Å². The summed E-state index contributed by atoms with van der Waals surface area (Å²) < 4.78 is 2.26. The molecule has 19 heavy (non-hydrogen) atoms. The van der Waals surface area contributed by atoms with Crippen molar-refractivity contribution in [1.29, 1.82) is 0 Å². The molecule has 1 aliphatic rings. The maximum atomic E-state index is 12.4. The highest BCUT2D eigenvalue weighted by Gasteiger charge is 2.30. The Balaban J connectivity index is 1.90. The van der Waals surface area contributed by atoms with E-state index in [4.69, 9.17) is 0 Å². The number of rotatable bonds is 1. The molecule has 3 heterocycles. The van der Waals surface area contributed by atoms with E-state index in [0.717, 1.165) is 6.54 Å². The third kappa shape index (κ3) is 1.83. The standard InChI is InChI=1S/C13H17N5O/c1-8-4-5-11-9(2)18(7-6-17(8)11)13(19)12-14-10(3)15-16-12/h4-5,9H,6-7H2,1-3H3,(H,14,15,16). The van der Waals surface area contributed by atoms with Crippen molar-refractivity contribution in [1.82, 2.24) is 24.6 Å². The average molecular weight is 259 g/mol. The topological polar surface area (TPSA) is 66.8 Å². The summed E-state index contributed by atoms with van der Waals surface area (Å²) in [5.74, 6) is 0.801. The summed E-state index contributed by atoms with van der Waals surface area (Å²) in [6.45, 7) is 7.44. The summed E-state index contributed by atoms with van der Waals surface area (Å²) in [5.41, 5.74) is 2.41. The summed E-state index contributed by atoms with van der Waals surface area (Å²) in [4.78, 5) is 18.4. The smallest absolute Gasteiger partial charge is 0.294 e. The molecule has 0 saturated heterocycles. The number of carbonyl (C=O) groups excluding carboxylic acids is 1. The maximum absolute atomic E-state index is 12.4. The molecule has 6 nitrogen and oxygen atoms in total. The van der Waals surface area contributed by atoms with E-state index in [0.29, 0.717) is 12.4 Å². The lowest BCUT2D eigenvalue weighted by molar-refractivity contribution is 0.0630. The highest BCUT2D eigenvalue weighted by atomic mass is 16.2. The van der Waals surface area contributed by atoms with Crippen LogP contribution in [0.25, 0.3) is 0 Å². The van der Waals surface area contributed by atoms with Gasteiger partial charge in [-0.1, -0.05) is 0 Å². The van der Waals surface area contributed by atoms with Crippen LogP contribution in [0.4, 0.5) is 0 Å². The highest BCUT2D eigenvalue weighted by Crippen LogP contribution is 2.27. The Morgan fingerprint density at radius 3 is 2.84 bits per heavy atom. The summed E-state index contributed by atoms with van der Waals surface area (Å²) in [7, 11) is 0. The van der Waals surface area contributed by atoms with Gasteiger partial charge in [-0.25, -0.2) is 4.98 Å². The first kappa shape index (κ1) is 12.0. The van der Waals surface area contributed by atoms with Gasteiger partial charge in [0, 0.05) is 24.5 Å². The Morgan fingerprint density at radius 1 is 1.37 bits per heavy atom. The number of nitrogens with one attached hydrogen (secondary N) is 1. The molecule has 6 heteroatoms. The predicted octanol–water partition coefficient (Wildman–Crippen LogP) is 1.44. The summed E-state index contributed by atoms with van der Waals surface area (Å²) >= 11 is 0. The van der Waals surface area contributed by atoms with E-state index >= 15 is 0 Å². The lowest BCUT2D eigenvalue weighted by atomic mass is 10.1. The number of aromatic nitrogens is 4. The van der Waals surface area contributed by atoms with Crippen molar-refractivity contribution in [2.24, 2.45) is 0 Å². The van der Waals surface area contributed by atoms with Gasteiger partial charge in [0.2, 0.25) is 5.82 Å². The van der Waals surface area contributed by atoms with Crippen molar-refractivity contribution in [3.63, 3.8) is 0 Å². The zero-order valence-corrected chi connectivity index (χ0v) is 11.3. The first-order valence-corrected chi connectivity index (χ1v) is 6.44. The van der Waals surface area contributed by atoms with E-state index in [9.17, 15) is 4.79 Å². The molecule has 1 N–H and O–H groups in total. The van der Waals surface area contributed by atoms with Crippen LogP contribution >= 0.6 is 0 Å². The fourth-order valence-electron chi connectivity index (χ4n) is 2.67. The molecule has 0 aliphatic carbocycles. The van der Waals surface area contributed by atoms with Gasteiger partial charge in [-0.05, 0) is 32.9 Å². The first-order chi connectivity index (χ1) is 9.08. The monoisotopic (exact) mass is 259 g/mol. The molecule has 0 saturated carbocycles. The Labute approximate surface area is 111 Å². The molecule has 2 aromatic rings. The minimum absolute atomic E-state index is 0.0498. The van der Waals surface area contributed by atoms with Crippen LogP contribution in [-0.2, 0) is 6.54 Å². The van der Waals surface area contributed by atoms with E-state index in [1.807, 2.05) is 11.8 Å². The van der Waals surface area contributed by atoms with Crippen molar-refractivity contribution in [3.8, 4) is 0 Å². The molecule has 0 aromatic carbocycles. The minimum Gasteiger partial charge on any atom is -0.345 e. The average Bonchev–Trinajstić information content (AvgIpc) is 2.97. The number of fused-ring (bicyclic) bond motifs is 1. The Kier molecular flexibility index (Phi) is 2.66. The van der Waals surface area contributed by atoms with Gasteiger partial charge < -0.3 is 9.47 Å². The van der Waals surface area contributed by atoms with E-state index in [1.54, 1.807) is 6.92 Å². The van der Waals surface area contributed by atoms with E-state index in [-0.39, 0.29) is 17.8 Å². The first-order valence-electron chi connectivity index (χ1n) is 6.44. The zero-order chi connectivity index (χ0) is 13.6. The fraction of sp³-hybridized carbons (Fsp3) is 0.462. The predicted molar refractivity (Wildman–Crippen MR) is 69.7 cm³/mol. The second-order valence-electron chi connectivity index (χ2n) is 4.97. The Morgan fingerprint density at radius 2 is 2.16 bits per heavy atom. The summed E-state index contributed by atoms with van der Waals surface area (Å²) in [5, 5.41) is 6.67. The van der Waals surface area contributed by atoms with Crippen molar-refractivity contribution in [2.45, 2.75) is 33.4 Å². The molecular weight excluding hydrogens is 242 g/mol. The number of hydrogen-bond donors (Lipinski definition) is 1. The molecule has 100 valence electrons. The largest absolute Gasteiger partial charge is 0.345 e. The molecule has 1 atom stereocenters. The number of nitrogens with zero attached hydrogens (tertiary/aromatic N) is 4. The van der Waals surface area contributed by atoms with Gasteiger partial charge >= 0.3 is 0 Å². The third-order valence-corrected chi connectivity index (χ3v) is 3.74. The van der Waals surface area contributed by atoms with Crippen LogP contribution in [0.15, 0.2) is 12.1 Å². The lowest BCUT2D eigenvalue weighted by Gasteiger charge is -2.34. The van der Waals surface area contributed by atoms with Gasteiger partial charge in [-0.3, -0.25) is 9.89 Å². The van der Waals surface area contributed by atoms with Crippen LogP contribution in [0, 0.1) is 13.8 Å². The molecule has 3 rings (SSSR count). The molecule has 0 fully saturated rings. The number of amides is 1. The highest BCUT2D eigenvalue weighted by molar-refractivity contribution is 5.90. The van der Waals surface area contributed by atoms with Gasteiger partial charge in [0.05, 0.1) is 6.04 Å². The van der Waals surface area contributed by atoms with E-state index in [1.165, 1.54) is 11.4 Å².